The molecule has 16 heavy (non-hydrogen) atoms. The topological polar surface area (TPSA) is 37.3 Å². The van der Waals surface area contributed by atoms with Crippen LogP contribution in [0.15, 0.2) is 12.2 Å². The van der Waals surface area contributed by atoms with E-state index in [0.29, 0.717) is 0 Å². The maximum atomic E-state index is 12.6. The van der Waals surface area contributed by atoms with Crippen molar-refractivity contribution in [2.75, 3.05) is 0 Å². The molecule has 0 aliphatic heterocycles. The summed E-state index contributed by atoms with van der Waals surface area (Å²) in [4.78, 5) is 9.96. The highest BCUT2D eigenvalue weighted by Crippen LogP contribution is 2.45. The zero-order chi connectivity index (χ0) is 13.4. The third-order valence-corrected chi connectivity index (χ3v) is 1.52. The van der Waals surface area contributed by atoms with E-state index in [4.69, 9.17) is 5.11 Å². The molecule has 0 aromatic carbocycles. The maximum Gasteiger partial charge on any atom is 0.395 e. The lowest BCUT2D eigenvalue weighted by molar-refractivity contribution is -0.251. The average molecular weight is 254 g/mol. The van der Waals surface area contributed by atoms with Crippen molar-refractivity contribution in [2.24, 2.45) is 0 Å². The van der Waals surface area contributed by atoms with Crippen molar-refractivity contribution in [3.8, 4) is 0 Å². The van der Waals surface area contributed by atoms with E-state index < -0.39 is 36.0 Å². The van der Waals surface area contributed by atoms with Gasteiger partial charge < -0.3 is 5.11 Å². The molecule has 2 nitrogen and oxygen atoms in total. The molecular formula is C7H5F7O2. The highest BCUT2D eigenvalue weighted by atomic mass is 19.4. The third kappa shape index (κ3) is 3.11. The minimum absolute atomic E-state index is 2.13. The molecule has 0 spiro atoms. The molecule has 0 radical (unpaired) electrons. The van der Waals surface area contributed by atoms with Crippen LogP contribution in [0.2, 0.25) is 0 Å². The number of hydrogen-bond donors (Lipinski definition) is 1. The molecular weight excluding hydrogens is 249 g/mol. The average Bonchev–Trinajstić information content (AvgIpc) is 1.97. The molecule has 0 unspecified atom stereocenters. The van der Waals surface area contributed by atoms with Crippen LogP contribution in [0.3, 0.4) is 0 Å². The summed E-state index contributed by atoms with van der Waals surface area (Å²) in [6.07, 6.45) is -8.68. The van der Waals surface area contributed by atoms with Crippen LogP contribution in [-0.2, 0) is 4.79 Å². The first-order valence-corrected chi connectivity index (χ1v) is 3.56. The van der Waals surface area contributed by atoms with Gasteiger partial charge in [-0.25, -0.2) is 4.79 Å². The van der Waals surface area contributed by atoms with E-state index in [9.17, 15) is 35.5 Å². The summed E-state index contributed by atoms with van der Waals surface area (Å²) in [5.41, 5.74) is -2.29. The predicted molar refractivity (Wildman–Crippen MR) is 37.3 cm³/mol. The Morgan fingerprint density at radius 2 is 1.44 bits per heavy atom. The van der Waals surface area contributed by atoms with E-state index in [1.165, 1.54) is 0 Å². The lowest BCUT2D eigenvalue weighted by Crippen LogP contribution is -2.46. The van der Waals surface area contributed by atoms with Crippen LogP contribution < -0.4 is 0 Å². The molecule has 0 aromatic rings. The van der Waals surface area contributed by atoms with Crippen molar-refractivity contribution < 1.29 is 40.6 Å². The first-order valence-electron chi connectivity index (χ1n) is 3.56. The number of carboxylic acid groups (broad SMARTS) is 1. The van der Waals surface area contributed by atoms with Gasteiger partial charge in [0, 0.05) is 0 Å². The fourth-order valence-corrected chi connectivity index (χ4v) is 0.718. The minimum atomic E-state index is -5.55. The van der Waals surface area contributed by atoms with Crippen LogP contribution in [0.25, 0.3) is 0 Å². The van der Waals surface area contributed by atoms with Crippen LogP contribution >= 0.6 is 0 Å². The molecule has 94 valence electrons. The molecule has 0 saturated carbocycles. The van der Waals surface area contributed by atoms with Crippen molar-refractivity contribution in [3.05, 3.63) is 12.2 Å². The summed E-state index contributed by atoms with van der Waals surface area (Å²) >= 11 is 0. The van der Waals surface area contributed by atoms with E-state index in [1.807, 2.05) is 0 Å². The second kappa shape index (κ2) is 3.95. The molecule has 0 aliphatic rings. The summed E-state index contributed by atoms with van der Waals surface area (Å²) in [6, 6.07) is 0. The van der Waals surface area contributed by atoms with Gasteiger partial charge in [0.05, 0.1) is 0 Å². The zero-order valence-corrected chi connectivity index (χ0v) is 7.42. The highest BCUT2D eigenvalue weighted by molar-refractivity contribution is 5.88. The van der Waals surface area contributed by atoms with Gasteiger partial charge in [-0.15, -0.1) is 0 Å². The Morgan fingerprint density at radius 3 is 1.69 bits per heavy atom. The normalized spacial score (nSPS) is 13.7. The number of alkyl halides is 7. The molecule has 0 fully saturated rings. The second-order valence-corrected chi connectivity index (χ2v) is 2.85. The van der Waals surface area contributed by atoms with Crippen LogP contribution in [0.1, 0.15) is 6.42 Å². The largest absolute Gasteiger partial charge is 0.478 e. The Balaban J connectivity index is 5.13. The van der Waals surface area contributed by atoms with E-state index in [-0.39, 0.29) is 0 Å². The smallest absolute Gasteiger partial charge is 0.395 e. The number of carboxylic acids is 1. The first kappa shape index (κ1) is 14.7. The zero-order valence-electron chi connectivity index (χ0n) is 7.42. The number of hydrogen-bond acceptors (Lipinski definition) is 1. The Bertz CT molecular complexity index is 304. The van der Waals surface area contributed by atoms with Gasteiger partial charge in [0.2, 0.25) is 0 Å². The van der Waals surface area contributed by atoms with Crippen molar-refractivity contribution in [1.29, 1.82) is 0 Å². The van der Waals surface area contributed by atoms with E-state index >= 15 is 0 Å². The van der Waals surface area contributed by atoms with Crippen molar-refractivity contribution >= 4 is 5.97 Å². The molecule has 0 heterocycles. The van der Waals surface area contributed by atoms with Crippen molar-refractivity contribution in [1.82, 2.24) is 0 Å². The standard InChI is InChI=1S/C7H5F7O2/c1-3(4(15)16)7(13,14)5(8,9)2-6(10,11)12/h1-2H2,(H,15,16). The predicted octanol–water partition coefficient (Wildman–Crippen LogP) is 2.85. The van der Waals surface area contributed by atoms with Gasteiger partial charge in [0.25, 0.3) is 0 Å². The molecule has 0 aliphatic carbocycles. The van der Waals surface area contributed by atoms with Gasteiger partial charge >= 0.3 is 24.0 Å². The molecule has 0 saturated heterocycles. The van der Waals surface area contributed by atoms with Crippen LogP contribution in [0, 0.1) is 0 Å². The SMILES string of the molecule is C=C(C(=O)O)C(F)(F)C(F)(F)CC(F)(F)F. The fourth-order valence-electron chi connectivity index (χ4n) is 0.718. The van der Waals surface area contributed by atoms with E-state index in [2.05, 4.69) is 6.58 Å². The fraction of sp³-hybridized carbons (Fsp3) is 0.571. The van der Waals surface area contributed by atoms with Crippen molar-refractivity contribution in [2.45, 2.75) is 24.4 Å². The first-order chi connectivity index (χ1) is 6.81. The lowest BCUT2D eigenvalue weighted by Gasteiger charge is -2.27. The molecule has 0 aromatic heterocycles. The Morgan fingerprint density at radius 1 is 1.06 bits per heavy atom. The number of aliphatic carboxylic acids is 1. The summed E-state index contributed by atoms with van der Waals surface area (Å²) in [5, 5.41) is 7.99. The molecule has 1 N–H and O–H groups in total. The van der Waals surface area contributed by atoms with Crippen LogP contribution in [0.4, 0.5) is 30.7 Å². The Kier molecular flexibility index (Phi) is 3.63. The van der Waals surface area contributed by atoms with E-state index in [0.717, 1.165) is 0 Å². The highest BCUT2D eigenvalue weighted by Gasteiger charge is 2.63. The van der Waals surface area contributed by atoms with Gasteiger partial charge in [0.1, 0.15) is 12.0 Å². The van der Waals surface area contributed by atoms with Gasteiger partial charge in [0.15, 0.2) is 0 Å². The Hall–Kier alpha value is -1.28. The molecule has 0 atom stereocenters. The molecule has 0 amide bonds. The number of rotatable bonds is 4. The summed E-state index contributed by atoms with van der Waals surface area (Å²) in [6.45, 7) is 2.13. The number of carbonyl (C=O) groups is 1. The maximum absolute atomic E-state index is 12.6. The third-order valence-electron chi connectivity index (χ3n) is 1.52. The van der Waals surface area contributed by atoms with Gasteiger partial charge in [-0.3, -0.25) is 0 Å². The van der Waals surface area contributed by atoms with Gasteiger partial charge in [-0.2, -0.15) is 30.7 Å². The van der Waals surface area contributed by atoms with E-state index in [1.54, 1.807) is 0 Å². The summed E-state index contributed by atoms with van der Waals surface area (Å²) < 4.78 is 85.0. The quantitative estimate of drug-likeness (QED) is 0.618. The van der Waals surface area contributed by atoms with Gasteiger partial charge in [-0.05, 0) is 0 Å². The lowest BCUT2D eigenvalue weighted by atomic mass is 10.0. The molecule has 0 bridgehead atoms. The van der Waals surface area contributed by atoms with Crippen LogP contribution in [0.5, 0.6) is 0 Å². The number of halogens is 7. The molecule has 0 rings (SSSR count). The molecule has 9 heteroatoms. The summed E-state index contributed by atoms with van der Waals surface area (Å²) in [7, 11) is 0. The summed E-state index contributed by atoms with van der Waals surface area (Å²) in [5.74, 6) is -13.5. The van der Waals surface area contributed by atoms with Crippen LogP contribution in [-0.4, -0.2) is 29.1 Å². The minimum Gasteiger partial charge on any atom is -0.478 e. The van der Waals surface area contributed by atoms with Gasteiger partial charge in [-0.1, -0.05) is 6.58 Å². The Labute approximate surface area is 84.4 Å². The monoisotopic (exact) mass is 254 g/mol. The van der Waals surface area contributed by atoms with Crippen molar-refractivity contribution in [3.63, 3.8) is 0 Å². The second-order valence-electron chi connectivity index (χ2n) is 2.85.